The number of hydrogen-bond acceptors (Lipinski definition) is 5. The third kappa shape index (κ3) is 3.10. The van der Waals surface area contributed by atoms with Crippen LogP contribution < -0.4 is 4.74 Å². The number of hydrogen-bond donors (Lipinski definition) is 0. The topological polar surface area (TPSA) is 48.4 Å². The number of rotatable bonds is 4. The molecule has 2 heterocycles. The highest BCUT2D eigenvalue weighted by molar-refractivity contribution is 7.15. The van der Waals surface area contributed by atoms with Gasteiger partial charge in [0.15, 0.2) is 0 Å². The van der Waals surface area contributed by atoms with Gasteiger partial charge in [-0.05, 0) is 13.0 Å². The van der Waals surface area contributed by atoms with Gasteiger partial charge in [-0.3, -0.25) is 0 Å². The summed E-state index contributed by atoms with van der Waals surface area (Å²) in [6, 6.07) is 17.8. The zero-order valence-electron chi connectivity index (χ0n) is 14.6. The molecule has 2 unspecified atom stereocenters. The first-order chi connectivity index (χ1) is 12.6. The van der Waals surface area contributed by atoms with E-state index in [2.05, 4.69) is 4.98 Å². The molecule has 0 saturated heterocycles. The summed E-state index contributed by atoms with van der Waals surface area (Å²) in [5, 5.41) is 0.937. The summed E-state index contributed by atoms with van der Waals surface area (Å²) in [5.74, 6) is 0.422. The van der Waals surface area contributed by atoms with Gasteiger partial charge in [-0.1, -0.05) is 55.5 Å². The maximum atomic E-state index is 12.5. The second-order valence-electron chi connectivity index (χ2n) is 6.37. The Bertz CT molecular complexity index is 935. The number of thiazole rings is 1. The summed E-state index contributed by atoms with van der Waals surface area (Å²) in [6.45, 7) is 4.15. The first kappa shape index (κ1) is 16.8. The predicted molar refractivity (Wildman–Crippen MR) is 101 cm³/mol. The van der Waals surface area contributed by atoms with Crippen molar-refractivity contribution in [2.45, 2.75) is 32.5 Å². The largest absolute Gasteiger partial charge is 0.478 e. The van der Waals surface area contributed by atoms with Crippen LogP contribution in [-0.4, -0.2) is 17.1 Å². The van der Waals surface area contributed by atoms with E-state index in [4.69, 9.17) is 9.47 Å². The summed E-state index contributed by atoms with van der Waals surface area (Å²) in [5.41, 5.74) is 3.02. The molecular formula is C21H19NO3S. The van der Waals surface area contributed by atoms with Gasteiger partial charge >= 0.3 is 5.97 Å². The van der Waals surface area contributed by atoms with Crippen molar-refractivity contribution in [3.63, 3.8) is 0 Å². The monoisotopic (exact) mass is 365 g/mol. The van der Waals surface area contributed by atoms with Crippen molar-refractivity contribution in [2.24, 2.45) is 0 Å². The Kier molecular flexibility index (Phi) is 4.47. The number of benzene rings is 2. The molecule has 2 atom stereocenters. The Hall–Kier alpha value is -2.66. The van der Waals surface area contributed by atoms with Crippen LogP contribution in [0.4, 0.5) is 0 Å². The number of aromatic nitrogens is 1. The summed E-state index contributed by atoms with van der Waals surface area (Å²) in [6.07, 6.45) is -0.589. The Morgan fingerprint density at radius 2 is 1.88 bits per heavy atom. The summed E-state index contributed by atoms with van der Waals surface area (Å²) >= 11 is 1.56. The van der Waals surface area contributed by atoms with E-state index in [-0.39, 0.29) is 18.5 Å². The molecule has 0 spiro atoms. The SMILES string of the molecule is Cc1nc(-c2ccccc2)sc1COC(=O)C1Oc2ccccc2C1C. The lowest BCUT2D eigenvalue weighted by Gasteiger charge is -2.14. The first-order valence-electron chi connectivity index (χ1n) is 8.57. The van der Waals surface area contributed by atoms with E-state index >= 15 is 0 Å². The second kappa shape index (κ2) is 6.92. The van der Waals surface area contributed by atoms with Crippen molar-refractivity contribution in [3.05, 3.63) is 70.7 Å². The van der Waals surface area contributed by atoms with Crippen LogP contribution in [0.5, 0.6) is 5.75 Å². The third-order valence-corrected chi connectivity index (χ3v) is 5.79. The van der Waals surface area contributed by atoms with Gasteiger partial charge in [0.05, 0.1) is 10.6 Å². The molecule has 1 aliphatic heterocycles. The normalized spacial score (nSPS) is 18.2. The van der Waals surface area contributed by atoms with Crippen LogP contribution in [0.15, 0.2) is 54.6 Å². The van der Waals surface area contributed by atoms with E-state index < -0.39 is 6.10 Å². The first-order valence-corrected chi connectivity index (χ1v) is 9.39. The molecule has 3 aromatic rings. The lowest BCUT2D eigenvalue weighted by molar-refractivity contribution is -0.153. The molecular weight excluding hydrogens is 346 g/mol. The van der Waals surface area contributed by atoms with Crippen LogP contribution in [0.25, 0.3) is 10.6 Å². The lowest BCUT2D eigenvalue weighted by atomic mass is 9.98. The fraction of sp³-hybridized carbons (Fsp3) is 0.238. The van der Waals surface area contributed by atoms with Gasteiger partial charge in [0.25, 0.3) is 0 Å². The second-order valence-corrected chi connectivity index (χ2v) is 7.45. The van der Waals surface area contributed by atoms with Gasteiger partial charge in [-0.15, -0.1) is 11.3 Å². The quantitative estimate of drug-likeness (QED) is 0.627. The molecule has 0 N–H and O–H groups in total. The van der Waals surface area contributed by atoms with Crippen molar-refractivity contribution in [1.82, 2.24) is 4.98 Å². The van der Waals surface area contributed by atoms with E-state index in [1.54, 1.807) is 11.3 Å². The highest BCUT2D eigenvalue weighted by Crippen LogP contribution is 2.38. The Balaban J connectivity index is 1.44. The highest BCUT2D eigenvalue weighted by atomic mass is 32.1. The van der Waals surface area contributed by atoms with Crippen molar-refractivity contribution in [3.8, 4) is 16.3 Å². The number of aryl methyl sites for hydroxylation is 1. The standard InChI is InChI=1S/C21H19NO3S/c1-13-16-10-6-7-11-17(16)25-19(13)21(23)24-12-18-14(2)22-20(26-18)15-8-4-3-5-9-15/h3-11,13,19H,12H2,1-2H3. The molecule has 5 heteroatoms. The van der Waals surface area contributed by atoms with E-state index in [0.717, 1.165) is 32.5 Å². The molecule has 0 radical (unpaired) electrons. The van der Waals surface area contributed by atoms with Gasteiger partial charge in [-0.2, -0.15) is 0 Å². The van der Waals surface area contributed by atoms with Crippen molar-refractivity contribution in [2.75, 3.05) is 0 Å². The molecule has 132 valence electrons. The molecule has 0 saturated carbocycles. The van der Waals surface area contributed by atoms with Crippen molar-refractivity contribution < 1.29 is 14.3 Å². The van der Waals surface area contributed by atoms with Gasteiger partial charge in [0, 0.05) is 17.0 Å². The highest BCUT2D eigenvalue weighted by Gasteiger charge is 2.37. The zero-order chi connectivity index (χ0) is 18.1. The number of para-hydroxylation sites is 1. The molecule has 0 amide bonds. The van der Waals surface area contributed by atoms with E-state index in [1.165, 1.54) is 0 Å². The molecule has 0 fully saturated rings. The van der Waals surface area contributed by atoms with Gasteiger partial charge < -0.3 is 9.47 Å². The number of ether oxygens (including phenoxy) is 2. The lowest BCUT2D eigenvalue weighted by Crippen LogP contribution is -2.29. The average Bonchev–Trinajstić information content (AvgIpc) is 3.21. The number of carbonyl (C=O) groups excluding carboxylic acids is 1. The van der Waals surface area contributed by atoms with Crippen LogP contribution in [0.1, 0.15) is 29.0 Å². The molecule has 4 rings (SSSR count). The minimum absolute atomic E-state index is 0.0128. The van der Waals surface area contributed by atoms with Crippen molar-refractivity contribution >= 4 is 17.3 Å². The molecule has 1 aliphatic rings. The molecule has 1 aromatic heterocycles. The predicted octanol–water partition coefficient (Wildman–Crippen LogP) is 4.73. The average molecular weight is 365 g/mol. The Morgan fingerprint density at radius 3 is 2.65 bits per heavy atom. The van der Waals surface area contributed by atoms with Crippen LogP contribution in [0.2, 0.25) is 0 Å². The number of nitrogens with zero attached hydrogens (tertiary/aromatic N) is 1. The fourth-order valence-corrected chi connectivity index (χ4v) is 4.08. The molecule has 4 nitrogen and oxygen atoms in total. The van der Waals surface area contributed by atoms with Gasteiger partial charge in [-0.25, -0.2) is 9.78 Å². The fourth-order valence-electron chi connectivity index (χ4n) is 3.10. The summed E-state index contributed by atoms with van der Waals surface area (Å²) in [7, 11) is 0. The van der Waals surface area contributed by atoms with E-state index in [1.807, 2.05) is 68.4 Å². The number of carbonyl (C=O) groups is 1. The van der Waals surface area contributed by atoms with Crippen LogP contribution in [0, 0.1) is 6.92 Å². The minimum atomic E-state index is -0.589. The maximum Gasteiger partial charge on any atom is 0.348 e. The number of fused-ring (bicyclic) bond motifs is 1. The molecule has 26 heavy (non-hydrogen) atoms. The van der Waals surface area contributed by atoms with Crippen molar-refractivity contribution in [1.29, 1.82) is 0 Å². The van der Waals surface area contributed by atoms with Crippen LogP contribution in [-0.2, 0) is 16.1 Å². The van der Waals surface area contributed by atoms with Gasteiger partial charge in [0.1, 0.15) is 17.4 Å². The minimum Gasteiger partial charge on any atom is -0.478 e. The number of esters is 1. The molecule has 0 bridgehead atoms. The Morgan fingerprint density at radius 1 is 1.15 bits per heavy atom. The van der Waals surface area contributed by atoms with Crippen LogP contribution >= 0.6 is 11.3 Å². The molecule has 0 aliphatic carbocycles. The summed E-state index contributed by atoms with van der Waals surface area (Å²) in [4.78, 5) is 18.1. The Labute approximate surface area is 156 Å². The maximum absolute atomic E-state index is 12.5. The van der Waals surface area contributed by atoms with Gasteiger partial charge in [0.2, 0.25) is 6.10 Å². The van der Waals surface area contributed by atoms with Crippen LogP contribution in [0.3, 0.4) is 0 Å². The summed E-state index contributed by atoms with van der Waals surface area (Å²) < 4.78 is 11.3. The third-order valence-electron chi connectivity index (χ3n) is 4.61. The van der Waals surface area contributed by atoms with E-state index in [0.29, 0.717) is 0 Å². The van der Waals surface area contributed by atoms with E-state index in [9.17, 15) is 4.79 Å². The smallest absolute Gasteiger partial charge is 0.348 e. The molecule has 2 aromatic carbocycles. The zero-order valence-corrected chi connectivity index (χ0v) is 15.5.